The highest BCUT2D eigenvalue weighted by Crippen LogP contribution is 2.33. The maximum absolute atomic E-state index is 13.7. The van der Waals surface area contributed by atoms with E-state index in [0.717, 1.165) is 6.42 Å². The number of anilines is 1. The molecule has 7 nitrogen and oxygen atoms in total. The monoisotopic (exact) mass is 352 g/mol. The summed E-state index contributed by atoms with van der Waals surface area (Å²) in [6, 6.07) is 2.91. The molecule has 1 aromatic heterocycles. The largest absolute Gasteiger partial charge is 0.377 e. The first-order chi connectivity index (χ1) is 12.0. The molecule has 0 aromatic carbocycles. The second kappa shape index (κ2) is 7.53. The third kappa shape index (κ3) is 4.19. The van der Waals surface area contributed by atoms with Gasteiger partial charge in [-0.3, -0.25) is 0 Å². The van der Waals surface area contributed by atoms with Gasteiger partial charge in [0.15, 0.2) is 11.6 Å². The summed E-state index contributed by atoms with van der Waals surface area (Å²) in [5, 5.41) is 3.05. The molecule has 2 fully saturated rings. The second-order valence-corrected chi connectivity index (χ2v) is 6.93. The number of pyridine rings is 1. The number of carbonyl (C=O) groups excluding carboxylic acids is 1. The molecular weight excluding hydrogens is 327 g/mol. The van der Waals surface area contributed by atoms with Crippen molar-refractivity contribution in [1.29, 1.82) is 0 Å². The Bertz CT molecular complexity index is 615. The van der Waals surface area contributed by atoms with E-state index in [9.17, 15) is 9.18 Å². The van der Waals surface area contributed by atoms with Gasteiger partial charge < -0.3 is 24.6 Å². The van der Waals surface area contributed by atoms with Crippen LogP contribution in [0.3, 0.4) is 0 Å². The van der Waals surface area contributed by atoms with Gasteiger partial charge in [0, 0.05) is 39.3 Å². The molecule has 0 saturated carbocycles. The van der Waals surface area contributed by atoms with Gasteiger partial charge in [0.1, 0.15) is 5.60 Å². The van der Waals surface area contributed by atoms with E-state index in [-0.39, 0.29) is 23.6 Å². The van der Waals surface area contributed by atoms with Crippen molar-refractivity contribution >= 4 is 11.8 Å². The van der Waals surface area contributed by atoms with Crippen molar-refractivity contribution in [3.63, 3.8) is 0 Å². The lowest BCUT2D eigenvalue weighted by Gasteiger charge is -2.32. The smallest absolute Gasteiger partial charge is 0.319 e. The zero-order valence-corrected chi connectivity index (χ0v) is 14.7. The van der Waals surface area contributed by atoms with E-state index in [1.54, 1.807) is 36.2 Å². The molecule has 0 radical (unpaired) electrons. The topological polar surface area (TPSA) is 66.9 Å². The molecule has 2 atom stereocenters. The van der Waals surface area contributed by atoms with Crippen LogP contribution in [-0.2, 0) is 9.47 Å². The summed E-state index contributed by atoms with van der Waals surface area (Å²) in [4.78, 5) is 19.6. The molecule has 138 valence electrons. The van der Waals surface area contributed by atoms with E-state index in [2.05, 4.69) is 10.3 Å². The maximum atomic E-state index is 13.7. The summed E-state index contributed by atoms with van der Waals surface area (Å²) in [6.07, 6.45) is 2.31. The fourth-order valence-electron chi connectivity index (χ4n) is 3.39. The maximum Gasteiger partial charge on any atom is 0.319 e. The van der Waals surface area contributed by atoms with Crippen LogP contribution in [0.2, 0.25) is 0 Å². The number of nitrogens with one attached hydrogen (secondary N) is 1. The first kappa shape index (κ1) is 17.9. The van der Waals surface area contributed by atoms with Crippen LogP contribution in [0.5, 0.6) is 0 Å². The lowest BCUT2D eigenvalue weighted by molar-refractivity contribution is -0.0535. The highest BCUT2D eigenvalue weighted by molar-refractivity contribution is 5.74. The quantitative estimate of drug-likeness (QED) is 0.891. The molecule has 1 aromatic rings. The van der Waals surface area contributed by atoms with Gasteiger partial charge in [-0.25, -0.2) is 14.2 Å². The fraction of sp³-hybridized carbons (Fsp3) is 0.647. The molecule has 0 aliphatic carbocycles. The molecule has 2 unspecified atom stereocenters. The minimum atomic E-state index is -0.489. The van der Waals surface area contributed by atoms with E-state index in [1.807, 2.05) is 0 Å². The van der Waals surface area contributed by atoms with E-state index in [1.165, 1.54) is 6.07 Å². The molecule has 1 N–H and O–H groups in total. The molecule has 8 heteroatoms. The minimum absolute atomic E-state index is 0.0365. The molecule has 3 rings (SSSR count). The molecular formula is C17H25FN4O3. The van der Waals surface area contributed by atoms with Crippen molar-refractivity contribution in [2.24, 2.45) is 5.92 Å². The minimum Gasteiger partial charge on any atom is -0.377 e. The van der Waals surface area contributed by atoms with Crippen molar-refractivity contribution in [1.82, 2.24) is 14.8 Å². The summed E-state index contributed by atoms with van der Waals surface area (Å²) in [5.41, 5.74) is -0.489. The normalized spacial score (nSPS) is 26.5. The Morgan fingerprint density at radius 3 is 3.16 bits per heavy atom. The summed E-state index contributed by atoms with van der Waals surface area (Å²) < 4.78 is 25.4. The van der Waals surface area contributed by atoms with Gasteiger partial charge in [0.25, 0.3) is 0 Å². The van der Waals surface area contributed by atoms with Gasteiger partial charge in [-0.15, -0.1) is 0 Å². The molecule has 2 saturated heterocycles. The van der Waals surface area contributed by atoms with Crippen LogP contribution in [-0.4, -0.2) is 80.0 Å². The van der Waals surface area contributed by atoms with Crippen molar-refractivity contribution in [2.45, 2.75) is 12.0 Å². The highest BCUT2D eigenvalue weighted by atomic mass is 19.1. The van der Waals surface area contributed by atoms with E-state index >= 15 is 0 Å². The summed E-state index contributed by atoms with van der Waals surface area (Å²) in [5.74, 6) is 0.0982. The SMILES string of the molecule is CN(C)C(=O)N1CCOCC2(CC(CNc3ncccc3F)CO2)C1. The van der Waals surface area contributed by atoms with E-state index in [0.29, 0.717) is 39.5 Å². The third-order valence-corrected chi connectivity index (χ3v) is 4.61. The van der Waals surface area contributed by atoms with Crippen LogP contribution in [0.25, 0.3) is 0 Å². The molecule has 25 heavy (non-hydrogen) atoms. The predicted molar refractivity (Wildman–Crippen MR) is 90.9 cm³/mol. The van der Waals surface area contributed by atoms with Gasteiger partial charge in [0.2, 0.25) is 0 Å². The number of hydrogen-bond donors (Lipinski definition) is 1. The average Bonchev–Trinajstić information content (AvgIpc) is 2.86. The van der Waals surface area contributed by atoms with Crippen LogP contribution >= 0.6 is 0 Å². The summed E-state index contributed by atoms with van der Waals surface area (Å²) >= 11 is 0. The van der Waals surface area contributed by atoms with Gasteiger partial charge in [-0.05, 0) is 18.6 Å². The van der Waals surface area contributed by atoms with Crippen LogP contribution in [0.4, 0.5) is 15.0 Å². The zero-order chi connectivity index (χ0) is 17.9. The fourth-order valence-corrected chi connectivity index (χ4v) is 3.39. The van der Waals surface area contributed by atoms with Gasteiger partial charge in [-0.1, -0.05) is 0 Å². The van der Waals surface area contributed by atoms with Crippen LogP contribution in [0, 0.1) is 11.7 Å². The Hall–Kier alpha value is -1.93. The molecule has 2 aliphatic heterocycles. The number of ether oxygens (including phenoxy) is 2. The Balaban J connectivity index is 1.60. The summed E-state index contributed by atoms with van der Waals surface area (Å²) in [7, 11) is 3.48. The zero-order valence-electron chi connectivity index (χ0n) is 14.7. The molecule has 3 heterocycles. The molecule has 1 spiro atoms. The van der Waals surface area contributed by atoms with Crippen LogP contribution in [0.1, 0.15) is 6.42 Å². The Morgan fingerprint density at radius 2 is 2.40 bits per heavy atom. The van der Waals surface area contributed by atoms with Crippen molar-refractivity contribution in [3.8, 4) is 0 Å². The number of hydrogen-bond acceptors (Lipinski definition) is 5. The summed E-state index contributed by atoms with van der Waals surface area (Å²) in [6.45, 7) is 3.17. The molecule has 0 bridgehead atoms. The van der Waals surface area contributed by atoms with Crippen molar-refractivity contribution in [2.75, 3.05) is 58.9 Å². The number of nitrogens with zero attached hydrogens (tertiary/aromatic N) is 3. The van der Waals surface area contributed by atoms with Crippen molar-refractivity contribution < 1.29 is 18.7 Å². The standard InChI is InChI=1S/C17H25FN4O3/c1-21(2)16(23)22-6-7-24-12-17(11-22)8-13(10-25-17)9-20-15-14(18)4-3-5-19-15/h3-5,13H,6-12H2,1-2H3,(H,19,20). The first-order valence-corrected chi connectivity index (χ1v) is 8.51. The molecule has 2 aliphatic rings. The van der Waals surface area contributed by atoms with Crippen LogP contribution in [0.15, 0.2) is 18.3 Å². The highest BCUT2D eigenvalue weighted by Gasteiger charge is 2.44. The predicted octanol–water partition coefficient (Wildman–Crippen LogP) is 1.42. The van der Waals surface area contributed by atoms with Crippen LogP contribution < -0.4 is 5.32 Å². The number of urea groups is 1. The number of carbonyl (C=O) groups is 1. The van der Waals surface area contributed by atoms with Gasteiger partial charge in [0.05, 0.1) is 26.4 Å². The number of rotatable bonds is 3. The van der Waals surface area contributed by atoms with Gasteiger partial charge in [-0.2, -0.15) is 0 Å². The Labute approximate surface area is 147 Å². The number of aromatic nitrogens is 1. The van der Waals surface area contributed by atoms with Gasteiger partial charge >= 0.3 is 6.03 Å². The number of amides is 2. The van der Waals surface area contributed by atoms with E-state index < -0.39 is 5.60 Å². The lowest BCUT2D eigenvalue weighted by Crippen LogP contribution is -2.49. The lowest BCUT2D eigenvalue weighted by atomic mass is 9.94. The Morgan fingerprint density at radius 1 is 1.56 bits per heavy atom. The Kier molecular flexibility index (Phi) is 5.39. The molecule has 2 amide bonds. The average molecular weight is 352 g/mol. The first-order valence-electron chi connectivity index (χ1n) is 8.51. The second-order valence-electron chi connectivity index (χ2n) is 6.93. The number of halogens is 1. The third-order valence-electron chi connectivity index (χ3n) is 4.61. The van der Waals surface area contributed by atoms with Crippen molar-refractivity contribution in [3.05, 3.63) is 24.1 Å². The van der Waals surface area contributed by atoms with E-state index in [4.69, 9.17) is 9.47 Å².